The van der Waals surface area contributed by atoms with Gasteiger partial charge in [0.1, 0.15) is 11.6 Å². The summed E-state index contributed by atoms with van der Waals surface area (Å²) >= 11 is 5.90. The Bertz CT molecular complexity index is 582. The summed E-state index contributed by atoms with van der Waals surface area (Å²) in [5.41, 5.74) is 0.780. The second-order valence-electron chi connectivity index (χ2n) is 3.48. The van der Waals surface area contributed by atoms with Gasteiger partial charge in [0, 0.05) is 10.6 Å². The largest absolute Gasteiger partial charge is 0.298 e. The highest BCUT2D eigenvalue weighted by Crippen LogP contribution is 2.29. The molecule has 0 heterocycles. The Labute approximate surface area is 102 Å². The molecule has 0 saturated heterocycles. The van der Waals surface area contributed by atoms with E-state index < -0.39 is 11.6 Å². The topological polar surface area (TPSA) is 17.1 Å². The van der Waals surface area contributed by atoms with Crippen LogP contribution in [0.4, 0.5) is 8.78 Å². The number of hydrogen-bond acceptors (Lipinski definition) is 1. The summed E-state index contributed by atoms with van der Waals surface area (Å²) in [6.45, 7) is 0. The summed E-state index contributed by atoms with van der Waals surface area (Å²) in [6.07, 6.45) is 0.423. The normalized spacial score (nSPS) is 10.3. The third-order valence-corrected chi connectivity index (χ3v) is 2.70. The molecule has 0 radical (unpaired) electrons. The maximum absolute atomic E-state index is 13.4. The predicted octanol–water partition coefficient (Wildman–Crippen LogP) is 4.10. The van der Waals surface area contributed by atoms with Crippen molar-refractivity contribution < 1.29 is 13.6 Å². The Morgan fingerprint density at radius 1 is 1.06 bits per heavy atom. The van der Waals surface area contributed by atoms with Gasteiger partial charge in [-0.15, -0.1) is 0 Å². The molecule has 0 fully saturated rings. The first-order valence-corrected chi connectivity index (χ1v) is 5.20. The van der Waals surface area contributed by atoms with Crippen LogP contribution < -0.4 is 0 Å². The van der Waals surface area contributed by atoms with E-state index in [4.69, 9.17) is 11.6 Å². The zero-order chi connectivity index (χ0) is 12.4. The zero-order valence-electron chi connectivity index (χ0n) is 8.58. The van der Waals surface area contributed by atoms with Gasteiger partial charge in [-0.2, -0.15) is 0 Å². The van der Waals surface area contributed by atoms with Crippen LogP contribution in [0.25, 0.3) is 11.1 Å². The summed E-state index contributed by atoms with van der Waals surface area (Å²) in [5.74, 6) is -1.11. The molecule has 0 saturated carbocycles. The summed E-state index contributed by atoms with van der Waals surface area (Å²) in [6, 6.07) is 7.86. The highest BCUT2D eigenvalue weighted by molar-refractivity contribution is 6.33. The lowest BCUT2D eigenvalue weighted by molar-refractivity contribution is 0.112. The van der Waals surface area contributed by atoms with Gasteiger partial charge in [-0.25, -0.2) is 8.78 Å². The van der Waals surface area contributed by atoms with Gasteiger partial charge in [-0.05, 0) is 35.9 Å². The monoisotopic (exact) mass is 252 g/mol. The van der Waals surface area contributed by atoms with Crippen molar-refractivity contribution in [2.24, 2.45) is 0 Å². The third-order valence-electron chi connectivity index (χ3n) is 2.37. The Hall–Kier alpha value is -1.74. The van der Waals surface area contributed by atoms with Crippen molar-refractivity contribution in [2.75, 3.05) is 0 Å². The van der Waals surface area contributed by atoms with E-state index in [1.54, 1.807) is 0 Å². The molecular weight excluding hydrogens is 246 g/mol. The molecule has 0 unspecified atom stereocenters. The Kier molecular flexibility index (Phi) is 3.20. The lowest BCUT2D eigenvalue weighted by Crippen LogP contribution is -1.89. The molecule has 0 spiro atoms. The smallest absolute Gasteiger partial charge is 0.152 e. The minimum Gasteiger partial charge on any atom is -0.298 e. The fraction of sp³-hybridized carbons (Fsp3) is 0. The molecule has 2 aromatic rings. The lowest BCUT2D eigenvalue weighted by Gasteiger charge is -2.05. The lowest BCUT2D eigenvalue weighted by atomic mass is 10.0. The molecule has 4 heteroatoms. The van der Waals surface area contributed by atoms with Gasteiger partial charge in [0.05, 0.1) is 5.56 Å². The van der Waals surface area contributed by atoms with Crippen LogP contribution in [0.1, 0.15) is 10.4 Å². The first kappa shape index (κ1) is 11.7. The molecule has 0 aliphatic heterocycles. The summed E-state index contributed by atoms with van der Waals surface area (Å²) in [7, 11) is 0. The third kappa shape index (κ3) is 2.34. The first-order chi connectivity index (χ1) is 8.11. The highest BCUT2D eigenvalue weighted by atomic mass is 35.5. The summed E-state index contributed by atoms with van der Waals surface area (Å²) < 4.78 is 26.5. The molecule has 17 heavy (non-hydrogen) atoms. The number of benzene rings is 2. The Morgan fingerprint density at radius 2 is 1.82 bits per heavy atom. The van der Waals surface area contributed by atoms with Gasteiger partial charge in [0.15, 0.2) is 6.29 Å². The minimum absolute atomic E-state index is 0.0405. The van der Waals surface area contributed by atoms with Crippen molar-refractivity contribution in [3.05, 3.63) is 58.6 Å². The van der Waals surface area contributed by atoms with E-state index >= 15 is 0 Å². The number of rotatable bonds is 2. The average Bonchev–Trinajstić information content (AvgIpc) is 2.32. The van der Waals surface area contributed by atoms with E-state index in [1.807, 2.05) is 0 Å². The standard InChI is InChI=1S/C13H7ClF2O/c14-12-4-3-10(15)6-11(12)8-1-2-9(7-17)13(16)5-8/h1-7H. The van der Waals surface area contributed by atoms with E-state index in [2.05, 4.69) is 0 Å². The van der Waals surface area contributed by atoms with Crippen molar-refractivity contribution in [3.8, 4) is 11.1 Å². The van der Waals surface area contributed by atoms with Gasteiger partial charge >= 0.3 is 0 Å². The molecule has 0 aliphatic carbocycles. The maximum atomic E-state index is 13.4. The Balaban J connectivity index is 2.57. The minimum atomic E-state index is -0.655. The van der Waals surface area contributed by atoms with Gasteiger partial charge in [-0.3, -0.25) is 4.79 Å². The van der Waals surface area contributed by atoms with Crippen LogP contribution in [0.15, 0.2) is 36.4 Å². The maximum Gasteiger partial charge on any atom is 0.152 e. The van der Waals surface area contributed by atoms with Crippen LogP contribution in [0, 0.1) is 11.6 Å². The van der Waals surface area contributed by atoms with Gasteiger partial charge in [0.2, 0.25) is 0 Å². The van der Waals surface area contributed by atoms with E-state index in [1.165, 1.54) is 30.3 Å². The Morgan fingerprint density at radius 3 is 2.47 bits per heavy atom. The second kappa shape index (κ2) is 4.63. The molecule has 0 amide bonds. The molecule has 86 valence electrons. The summed E-state index contributed by atoms with van der Waals surface area (Å²) in [4.78, 5) is 10.5. The molecule has 2 rings (SSSR count). The molecule has 1 nitrogen and oxygen atoms in total. The molecule has 0 N–H and O–H groups in total. The van der Waals surface area contributed by atoms with E-state index in [9.17, 15) is 13.6 Å². The molecule has 0 aliphatic rings. The molecule has 0 atom stereocenters. The van der Waals surface area contributed by atoms with Crippen LogP contribution in [0.2, 0.25) is 5.02 Å². The van der Waals surface area contributed by atoms with Crippen LogP contribution >= 0.6 is 11.6 Å². The number of carbonyl (C=O) groups is 1. The molecular formula is C13H7ClF2O. The van der Waals surface area contributed by atoms with Crippen LogP contribution in [-0.2, 0) is 0 Å². The molecule has 0 bridgehead atoms. The number of carbonyl (C=O) groups excluding carboxylic acids is 1. The fourth-order valence-corrected chi connectivity index (χ4v) is 1.74. The predicted molar refractivity (Wildman–Crippen MR) is 62.2 cm³/mol. The van der Waals surface area contributed by atoms with E-state index in [0.29, 0.717) is 22.4 Å². The summed E-state index contributed by atoms with van der Waals surface area (Å²) in [5, 5.41) is 0.324. The van der Waals surface area contributed by atoms with Crippen molar-refractivity contribution in [1.82, 2.24) is 0 Å². The highest BCUT2D eigenvalue weighted by Gasteiger charge is 2.08. The van der Waals surface area contributed by atoms with Crippen molar-refractivity contribution in [2.45, 2.75) is 0 Å². The quantitative estimate of drug-likeness (QED) is 0.736. The molecule has 2 aromatic carbocycles. The second-order valence-corrected chi connectivity index (χ2v) is 3.89. The average molecular weight is 253 g/mol. The van der Waals surface area contributed by atoms with Crippen LogP contribution in [-0.4, -0.2) is 6.29 Å². The van der Waals surface area contributed by atoms with Gasteiger partial charge < -0.3 is 0 Å². The first-order valence-electron chi connectivity index (χ1n) is 4.82. The van der Waals surface area contributed by atoms with Gasteiger partial charge in [-0.1, -0.05) is 17.7 Å². The van der Waals surface area contributed by atoms with Crippen molar-refractivity contribution in [3.63, 3.8) is 0 Å². The van der Waals surface area contributed by atoms with Crippen molar-refractivity contribution >= 4 is 17.9 Å². The number of hydrogen-bond donors (Lipinski definition) is 0. The number of aldehydes is 1. The van der Waals surface area contributed by atoms with E-state index in [0.717, 1.165) is 6.07 Å². The van der Waals surface area contributed by atoms with Crippen molar-refractivity contribution in [1.29, 1.82) is 0 Å². The SMILES string of the molecule is O=Cc1ccc(-c2cc(F)ccc2Cl)cc1F. The number of halogens is 3. The van der Waals surface area contributed by atoms with E-state index in [-0.39, 0.29) is 5.56 Å². The van der Waals surface area contributed by atoms with Gasteiger partial charge in [0.25, 0.3) is 0 Å². The van der Waals surface area contributed by atoms with Crippen LogP contribution in [0.5, 0.6) is 0 Å². The van der Waals surface area contributed by atoms with Crippen LogP contribution in [0.3, 0.4) is 0 Å². The molecule has 0 aromatic heterocycles. The zero-order valence-corrected chi connectivity index (χ0v) is 9.34. The fourth-order valence-electron chi connectivity index (χ4n) is 1.51.